The third-order valence-electron chi connectivity index (χ3n) is 5.45. The number of rotatable bonds is 6. The molecule has 0 saturated carbocycles. The molecule has 0 unspecified atom stereocenters. The number of aromatic nitrogens is 2. The van der Waals surface area contributed by atoms with E-state index >= 15 is 0 Å². The molecule has 0 atom stereocenters. The van der Waals surface area contributed by atoms with Crippen LogP contribution in [0.5, 0.6) is 0 Å². The average molecular weight is 423 g/mol. The van der Waals surface area contributed by atoms with Crippen molar-refractivity contribution in [3.63, 3.8) is 0 Å². The molecule has 7 heteroatoms. The fourth-order valence-electron chi connectivity index (χ4n) is 3.64. The molecule has 1 saturated heterocycles. The zero-order valence-corrected chi connectivity index (χ0v) is 18.1. The van der Waals surface area contributed by atoms with Crippen LogP contribution in [0.3, 0.4) is 0 Å². The van der Waals surface area contributed by atoms with Gasteiger partial charge in [-0.2, -0.15) is 0 Å². The van der Waals surface area contributed by atoms with E-state index in [1.165, 1.54) is 24.2 Å². The summed E-state index contributed by atoms with van der Waals surface area (Å²) in [5.41, 5.74) is 4.36. The second-order valence-electron chi connectivity index (χ2n) is 7.65. The zero-order valence-electron chi connectivity index (χ0n) is 17.3. The van der Waals surface area contributed by atoms with E-state index in [4.69, 9.17) is 4.74 Å². The summed E-state index contributed by atoms with van der Waals surface area (Å²) in [6.07, 6.45) is 4.18. The molecule has 1 aliphatic rings. The van der Waals surface area contributed by atoms with Crippen LogP contribution in [-0.2, 0) is 11.3 Å². The van der Waals surface area contributed by atoms with Gasteiger partial charge in [-0.15, -0.1) is 11.3 Å². The molecule has 6 nitrogen and oxygen atoms in total. The van der Waals surface area contributed by atoms with Crippen molar-refractivity contribution in [3.05, 3.63) is 59.2 Å². The van der Waals surface area contributed by atoms with Crippen molar-refractivity contribution in [1.82, 2.24) is 9.97 Å². The van der Waals surface area contributed by atoms with Crippen LogP contribution < -0.4 is 10.2 Å². The summed E-state index contributed by atoms with van der Waals surface area (Å²) >= 11 is 1.40. The van der Waals surface area contributed by atoms with Crippen molar-refractivity contribution in [2.75, 3.05) is 30.4 Å². The van der Waals surface area contributed by atoms with Crippen LogP contribution in [0.2, 0.25) is 0 Å². The molecule has 1 amide bonds. The average Bonchev–Trinajstić information content (AvgIpc) is 3.23. The lowest BCUT2D eigenvalue weighted by Crippen LogP contribution is -2.32. The number of hydrogen-bond acceptors (Lipinski definition) is 6. The Morgan fingerprint density at radius 3 is 2.77 bits per heavy atom. The van der Waals surface area contributed by atoms with Crippen LogP contribution in [0.4, 0.5) is 10.8 Å². The second kappa shape index (κ2) is 9.36. The van der Waals surface area contributed by atoms with E-state index < -0.39 is 0 Å². The number of carbonyl (C=O) groups is 1. The minimum atomic E-state index is -0.250. The fourth-order valence-corrected chi connectivity index (χ4v) is 4.35. The number of piperidine rings is 1. The summed E-state index contributed by atoms with van der Waals surface area (Å²) in [6, 6.07) is 11.7. The Bertz CT molecular complexity index is 994. The zero-order chi connectivity index (χ0) is 20.9. The molecule has 0 radical (unpaired) electrons. The smallest absolute Gasteiger partial charge is 0.276 e. The van der Waals surface area contributed by atoms with Gasteiger partial charge in [-0.1, -0.05) is 31.2 Å². The summed E-state index contributed by atoms with van der Waals surface area (Å²) in [4.78, 5) is 23.9. The second-order valence-corrected chi connectivity index (χ2v) is 8.51. The summed E-state index contributed by atoms with van der Waals surface area (Å²) < 4.78 is 5.27. The van der Waals surface area contributed by atoms with Crippen molar-refractivity contribution >= 4 is 28.1 Å². The predicted octanol–water partition coefficient (Wildman–Crippen LogP) is 4.84. The van der Waals surface area contributed by atoms with E-state index in [1.807, 2.05) is 35.7 Å². The van der Waals surface area contributed by atoms with Gasteiger partial charge in [-0.05, 0) is 36.5 Å². The molecular weight excluding hydrogens is 396 g/mol. The van der Waals surface area contributed by atoms with Crippen molar-refractivity contribution in [2.45, 2.75) is 26.4 Å². The number of carbonyl (C=O) groups excluding carboxylic acids is 1. The van der Waals surface area contributed by atoms with Gasteiger partial charge in [0.2, 0.25) is 0 Å². The normalized spacial score (nSPS) is 14.7. The number of ether oxygens (including phenoxy) is 1. The molecule has 0 bridgehead atoms. The van der Waals surface area contributed by atoms with Crippen LogP contribution in [-0.4, -0.2) is 36.1 Å². The van der Waals surface area contributed by atoms with Gasteiger partial charge >= 0.3 is 0 Å². The van der Waals surface area contributed by atoms with Gasteiger partial charge < -0.3 is 9.64 Å². The molecule has 3 heterocycles. The number of methoxy groups -OCH3 is 1. The van der Waals surface area contributed by atoms with E-state index in [0.717, 1.165) is 41.5 Å². The van der Waals surface area contributed by atoms with Gasteiger partial charge in [0.1, 0.15) is 5.69 Å². The maximum Gasteiger partial charge on any atom is 0.276 e. The molecule has 1 aliphatic heterocycles. The molecular formula is C23H26N4O2S. The molecule has 4 rings (SSSR count). The Balaban J connectivity index is 1.42. The van der Waals surface area contributed by atoms with Crippen LogP contribution in [0.25, 0.3) is 11.3 Å². The largest absolute Gasteiger partial charge is 0.380 e. The van der Waals surface area contributed by atoms with Crippen LogP contribution >= 0.6 is 11.3 Å². The van der Waals surface area contributed by atoms with Crippen LogP contribution in [0.15, 0.2) is 48.0 Å². The molecule has 1 aromatic carbocycles. The third-order valence-corrected chi connectivity index (χ3v) is 6.20. The Hall–Kier alpha value is -2.77. The molecule has 1 fully saturated rings. The fraction of sp³-hybridized carbons (Fsp3) is 0.348. The van der Waals surface area contributed by atoms with Gasteiger partial charge in [-0.25, -0.2) is 9.97 Å². The van der Waals surface area contributed by atoms with Gasteiger partial charge in [0.05, 0.1) is 24.2 Å². The van der Waals surface area contributed by atoms with Gasteiger partial charge in [0, 0.05) is 31.1 Å². The molecule has 1 N–H and O–H groups in total. The topological polar surface area (TPSA) is 67.3 Å². The molecule has 0 spiro atoms. The van der Waals surface area contributed by atoms with Gasteiger partial charge in [-0.3, -0.25) is 10.1 Å². The highest BCUT2D eigenvalue weighted by Crippen LogP contribution is 2.28. The lowest BCUT2D eigenvalue weighted by atomic mass is 9.99. The SMILES string of the molecule is COCc1ccccc1-c1csc(NC(=O)c2ccc(N3CCC(C)CC3)cn2)n1. The first-order valence-electron chi connectivity index (χ1n) is 10.2. The number of nitrogens with zero attached hydrogens (tertiary/aromatic N) is 3. The summed E-state index contributed by atoms with van der Waals surface area (Å²) in [6.45, 7) is 4.90. The van der Waals surface area contributed by atoms with Crippen molar-refractivity contribution in [1.29, 1.82) is 0 Å². The highest BCUT2D eigenvalue weighted by molar-refractivity contribution is 7.14. The summed E-state index contributed by atoms with van der Waals surface area (Å²) in [5, 5.41) is 5.36. The molecule has 3 aromatic rings. The van der Waals surface area contributed by atoms with E-state index in [-0.39, 0.29) is 5.91 Å². The Labute approximate surface area is 180 Å². The summed E-state index contributed by atoms with van der Waals surface area (Å²) in [5.74, 6) is 0.531. The highest BCUT2D eigenvalue weighted by Gasteiger charge is 2.17. The van der Waals surface area contributed by atoms with Crippen molar-refractivity contribution < 1.29 is 9.53 Å². The summed E-state index contributed by atoms with van der Waals surface area (Å²) in [7, 11) is 1.67. The predicted molar refractivity (Wildman–Crippen MR) is 121 cm³/mol. The maximum atomic E-state index is 12.6. The van der Waals surface area contributed by atoms with E-state index in [9.17, 15) is 4.79 Å². The number of benzene rings is 1. The van der Waals surface area contributed by atoms with E-state index in [2.05, 4.69) is 27.1 Å². The molecule has 30 heavy (non-hydrogen) atoms. The quantitative estimate of drug-likeness (QED) is 0.616. The number of nitrogens with one attached hydrogen (secondary N) is 1. The van der Waals surface area contributed by atoms with E-state index in [0.29, 0.717) is 17.4 Å². The first-order chi connectivity index (χ1) is 14.6. The monoisotopic (exact) mass is 422 g/mol. The minimum absolute atomic E-state index is 0.250. The Kier molecular flexibility index (Phi) is 6.40. The molecule has 0 aliphatic carbocycles. The van der Waals surface area contributed by atoms with Gasteiger partial charge in [0.15, 0.2) is 5.13 Å². The maximum absolute atomic E-state index is 12.6. The van der Waals surface area contributed by atoms with Gasteiger partial charge in [0.25, 0.3) is 5.91 Å². The number of pyridine rings is 1. The number of amides is 1. The van der Waals surface area contributed by atoms with Crippen LogP contribution in [0, 0.1) is 5.92 Å². The Morgan fingerprint density at radius 1 is 1.23 bits per heavy atom. The number of anilines is 2. The standard InChI is InChI=1S/C23H26N4O2S/c1-16-9-11-27(12-10-16)18-7-8-20(24-13-18)22(28)26-23-25-21(15-30-23)19-6-4-3-5-17(19)14-29-2/h3-8,13,15-16H,9-12,14H2,1-2H3,(H,25,26,28). The molecule has 2 aromatic heterocycles. The first kappa shape index (κ1) is 20.5. The molecule has 156 valence electrons. The minimum Gasteiger partial charge on any atom is -0.380 e. The first-order valence-corrected chi connectivity index (χ1v) is 11.1. The van der Waals surface area contributed by atoms with E-state index in [1.54, 1.807) is 19.4 Å². The lowest BCUT2D eigenvalue weighted by Gasteiger charge is -2.31. The van der Waals surface area contributed by atoms with Crippen molar-refractivity contribution in [2.24, 2.45) is 5.92 Å². The number of hydrogen-bond donors (Lipinski definition) is 1. The number of thiazole rings is 1. The highest BCUT2D eigenvalue weighted by atomic mass is 32.1. The Morgan fingerprint density at radius 2 is 2.03 bits per heavy atom. The van der Waals surface area contributed by atoms with Crippen LogP contribution in [0.1, 0.15) is 35.8 Å². The lowest BCUT2D eigenvalue weighted by molar-refractivity contribution is 0.102. The third kappa shape index (κ3) is 4.68. The van der Waals surface area contributed by atoms with Crippen molar-refractivity contribution in [3.8, 4) is 11.3 Å².